The maximum Gasteiger partial charge on any atom is 0.256 e. The van der Waals surface area contributed by atoms with Gasteiger partial charge in [-0.15, -0.1) is 16.4 Å². The fraction of sp³-hybridized carbons (Fsp3) is 0.143. The summed E-state index contributed by atoms with van der Waals surface area (Å²) >= 11 is 7.39. The van der Waals surface area contributed by atoms with Crippen molar-refractivity contribution in [1.29, 1.82) is 0 Å². The van der Waals surface area contributed by atoms with E-state index < -0.39 is 0 Å². The van der Waals surface area contributed by atoms with Crippen LogP contribution in [-0.2, 0) is 6.54 Å². The van der Waals surface area contributed by atoms with Crippen molar-refractivity contribution in [1.82, 2.24) is 25.1 Å². The summed E-state index contributed by atoms with van der Waals surface area (Å²) in [6.45, 7) is 0.500. The quantitative estimate of drug-likeness (QED) is 0.736. The average Bonchev–Trinajstić information content (AvgIpc) is 3.18. The van der Waals surface area contributed by atoms with Gasteiger partial charge < -0.3 is 4.90 Å². The molecule has 1 amide bonds. The Morgan fingerprint density at radius 2 is 2.14 bits per heavy atom. The van der Waals surface area contributed by atoms with Gasteiger partial charge in [-0.1, -0.05) is 23.7 Å². The summed E-state index contributed by atoms with van der Waals surface area (Å²) in [7, 11) is 1.76. The lowest BCUT2D eigenvalue weighted by Gasteiger charge is -2.18. The van der Waals surface area contributed by atoms with E-state index in [2.05, 4.69) is 15.5 Å². The number of amides is 1. The van der Waals surface area contributed by atoms with E-state index in [1.807, 2.05) is 24.3 Å². The first-order valence-electron chi connectivity index (χ1n) is 6.47. The largest absolute Gasteiger partial charge is 0.336 e. The molecule has 0 N–H and O–H groups in total. The molecule has 0 saturated carbocycles. The molecule has 0 saturated heterocycles. The number of thiophene rings is 1. The number of para-hydroxylation sites is 1. The summed E-state index contributed by atoms with van der Waals surface area (Å²) in [4.78, 5) is 15.4. The second kappa shape index (κ2) is 6.25. The van der Waals surface area contributed by atoms with Crippen LogP contribution in [0, 0.1) is 0 Å². The molecule has 2 aromatic heterocycles. The number of carbonyl (C=O) groups is 1. The summed E-state index contributed by atoms with van der Waals surface area (Å²) in [5.41, 5.74) is 1.19. The summed E-state index contributed by atoms with van der Waals surface area (Å²) < 4.78 is 2.19. The van der Waals surface area contributed by atoms with E-state index in [1.165, 1.54) is 22.3 Å². The van der Waals surface area contributed by atoms with Gasteiger partial charge in [0.2, 0.25) is 0 Å². The first-order chi connectivity index (χ1) is 10.6. The van der Waals surface area contributed by atoms with Gasteiger partial charge in [-0.3, -0.25) is 4.79 Å². The van der Waals surface area contributed by atoms with Crippen molar-refractivity contribution >= 4 is 28.8 Å². The summed E-state index contributed by atoms with van der Waals surface area (Å²) in [5, 5.41) is 11.1. The second-order valence-corrected chi connectivity index (χ2v) is 6.44. The van der Waals surface area contributed by atoms with Gasteiger partial charge in [-0.05, 0) is 34.7 Å². The number of carbonyl (C=O) groups excluding carboxylic acids is 1. The fourth-order valence-electron chi connectivity index (χ4n) is 2.07. The number of aromatic nitrogens is 4. The summed E-state index contributed by atoms with van der Waals surface area (Å²) in [6.07, 6.45) is 1.46. The smallest absolute Gasteiger partial charge is 0.256 e. The van der Waals surface area contributed by atoms with E-state index in [1.54, 1.807) is 24.1 Å². The molecule has 22 heavy (non-hydrogen) atoms. The molecule has 3 aromatic rings. The van der Waals surface area contributed by atoms with E-state index in [-0.39, 0.29) is 5.91 Å². The van der Waals surface area contributed by atoms with Crippen LogP contribution in [0.4, 0.5) is 0 Å². The van der Waals surface area contributed by atoms with Crippen LogP contribution in [0.5, 0.6) is 0 Å². The number of hydrogen-bond acceptors (Lipinski definition) is 5. The number of tetrazole rings is 1. The molecule has 0 bridgehead atoms. The normalized spacial score (nSPS) is 10.6. The van der Waals surface area contributed by atoms with Crippen molar-refractivity contribution < 1.29 is 4.79 Å². The van der Waals surface area contributed by atoms with Crippen LogP contribution in [0.3, 0.4) is 0 Å². The highest BCUT2D eigenvalue weighted by Crippen LogP contribution is 2.23. The van der Waals surface area contributed by atoms with Crippen molar-refractivity contribution in [3.05, 3.63) is 57.5 Å². The molecule has 2 heterocycles. The van der Waals surface area contributed by atoms with Crippen molar-refractivity contribution in [3.8, 4) is 5.69 Å². The Balaban J connectivity index is 1.86. The Bertz CT molecular complexity index is 786. The van der Waals surface area contributed by atoms with Crippen LogP contribution in [0.1, 0.15) is 15.2 Å². The van der Waals surface area contributed by atoms with Crippen molar-refractivity contribution in [2.24, 2.45) is 0 Å². The number of nitrogens with zero attached hydrogens (tertiary/aromatic N) is 5. The Morgan fingerprint density at radius 1 is 1.32 bits per heavy atom. The Kier molecular flexibility index (Phi) is 4.17. The highest BCUT2D eigenvalue weighted by Gasteiger charge is 2.17. The van der Waals surface area contributed by atoms with Crippen molar-refractivity contribution in [3.63, 3.8) is 0 Å². The molecule has 1 aromatic carbocycles. The predicted octanol–water partition coefficient (Wildman–Crippen LogP) is 2.65. The Hall–Kier alpha value is -2.25. The number of rotatable bonds is 4. The van der Waals surface area contributed by atoms with Gasteiger partial charge in [-0.2, -0.15) is 4.68 Å². The van der Waals surface area contributed by atoms with Gasteiger partial charge in [0.05, 0.1) is 22.1 Å². The lowest BCUT2D eigenvalue weighted by Crippen LogP contribution is -2.27. The maximum absolute atomic E-state index is 12.7. The second-order valence-electron chi connectivity index (χ2n) is 4.64. The van der Waals surface area contributed by atoms with Crippen LogP contribution in [0.25, 0.3) is 5.69 Å². The molecule has 0 fully saturated rings. The molecule has 3 rings (SSSR count). The third kappa shape index (κ3) is 3.00. The van der Waals surface area contributed by atoms with Gasteiger partial charge >= 0.3 is 0 Å². The molecule has 0 aliphatic carbocycles. The van der Waals surface area contributed by atoms with Crippen LogP contribution >= 0.6 is 22.9 Å². The first-order valence-corrected chi connectivity index (χ1v) is 7.66. The lowest BCUT2D eigenvalue weighted by molar-refractivity contribution is 0.0786. The third-order valence-electron chi connectivity index (χ3n) is 3.10. The Morgan fingerprint density at radius 3 is 2.82 bits per heavy atom. The third-order valence-corrected chi connectivity index (χ3v) is 4.31. The van der Waals surface area contributed by atoms with E-state index >= 15 is 0 Å². The zero-order valence-corrected chi connectivity index (χ0v) is 13.3. The highest BCUT2D eigenvalue weighted by molar-refractivity contribution is 7.16. The molecule has 8 heteroatoms. The zero-order valence-electron chi connectivity index (χ0n) is 11.7. The zero-order chi connectivity index (χ0) is 15.5. The SMILES string of the molecule is CN(Cc1ccc(Cl)s1)C(=O)c1ccccc1-n1cnnn1. The molecule has 0 radical (unpaired) electrons. The minimum Gasteiger partial charge on any atom is -0.336 e. The van der Waals surface area contributed by atoms with E-state index in [4.69, 9.17) is 11.6 Å². The van der Waals surface area contributed by atoms with Gasteiger partial charge in [0.1, 0.15) is 6.33 Å². The maximum atomic E-state index is 12.7. The van der Waals surface area contributed by atoms with Gasteiger partial charge in [0, 0.05) is 11.9 Å². The first kappa shape index (κ1) is 14.7. The molecule has 112 valence electrons. The summed E-state index contributed by atoms with van der Waals surface area (Å²) in [6, 6.07) is 11.0. The van der Waals surface area contributed by atoms with Gasteiger partial charge in [-0.25, -0.2) is 0 Å². The van der Waals surface area contributed by atoms with Crippen LogP contribution in [0.2, 0.25) is 4.34 Å². The van der Waals surface area contributed by atoms with Crippen molar-refractivity contribution in [2.45, 2.75) is 6.54 Å². The van der Waals surface area contributed by atoms with Crippen LogP contribution in [0.15, 0.2) is 42.7 Å². The minimum atomic E-state index is -0.101. The molecular formula is C14H12ClN5OS. The number of halogens is 1. The molecule has 0 spiro atoms. The lowest BCUT2D eigenvalue weighted by atomic mass is 10.1. The molecule has 0 aliphatic rings. The predicted molar refractivity (Wildman–Crippen MR) is 84.3 cm³/mol. The Labute approximate surface area is 135 Å². The van der Waals surface area contributed by atoms with Gasteiger partial charge in [0.15, 0.2) is 0 Å². The number of hydrogen-bond donors (Lipinski definition) is 0. The van der Waals surface area contributed by atoms with Gasteiger partial charge in [0.25, 0.3) is 5.91 Å². The molecule has 0 atom stereocenters. The standard InChI is InChI=1S/C14H12ClN5OS/c1-19(8-10-6-7-13(15)22-10)14(21)11-4-2-3-5-12(11)20-9-16-17-18-20/h2-7,9H,8H2,1H3. The minimum absolute atomic E-state index is 0.101. The monoisotopic (exact) mass is 333 g/mol. The molecule has 0 aliphatic heterocycles. The summed E-state index contributed by atoms with van der Waals surface area (Å²) in [5.74, 6) is -0.101. The van der Waals surface area contributed by atoms with E-state index in [9.17, 15) is 4.79 Å². The van der Waals surface area contributed by atoms with Crippen LogP contribution < -0.4 is 0 Å². The molecule has 0 unspecified atom stereocenters. The average molecular weight is 334 g/mol. The van der Waals surface area contributed by atoms with Crippen LogP contribution in [-0.4, -0.2) is 38.1 Å². The van der Waals surface area contributed by atoms with E-state index in [0.29, 0.717) is 22.1 Å². The molecule has 6 nitrogen and oxygen atoms in total. The fourth-order valence-corrected chi connectivity index (χ4v) is 3.21. The topological polar surface area (TPSA) is 63.9 Å². The highest BCUT2D eigenvalue weighted by atomic mass is 35.5. The van der Waals surface area contributed by atoms with E-state index in [0.717, 1.165) is 4.88 Å². The molecular weight excluding hydrogens is 322 g/mol. The van der Waals surface area contributed by atoms with Crippen molar-refractivity contribution in [2.75, 3.05) is 7.05 Å². The number of benzene rings is 1.